The Hall–Kier alpha value is -2.27. The van der Waals surface area contributed by atoms with Crippen LogP contribution in [0.3, 0.4) is 0 Å². The minimum absolute atomic E-state index is 0.145. The first kappa shape index (κ1) is 21.6. The van der Waals surface area contributed by atoms with Gasteiger partial charge in [-0.15, -0.1) is 10.1 Å². The Labute approximate surface area is 187 Å². The number of nitrogens with zero attached hydrogens (tertiary/aromatic N) is 5. The quantitative estimate of drug-likeness (QED) is 0.466. The third-order valence-corrected chi connectivity index (χ3v) is 7.19. The summed E-state index contributed by atoms with van der Waals surface area (Å²) < 4.78 is 13.9. The summed E-state index contributed by atoms with van der Waals surface area (Å²) in [6.45, 7) is 11.0. The van der Waals surface area contributed by atoms with E-state index in [2.05, 4.69) is 45.3 Å². The maximum absolute atomic E-state index is 10.7. The summed E-state index contributed by atoms with van der Waals surface area (Å²) in [7, 11) is 0. The third-order valence-electron chi connectivity index (χ3n) is 7.19. The molecule has 10 nitrogen and oxygen atoms in total. The van der Waals surface area contributed by atoms with Crippen LogP contribution in [-0.4, -0.2) is 94.7 Å². The maximum atomic E-state index is 10.7. The van der Waals surface area contributed by atoms with Crippen LogP contribution in [0.2, 0.25) is 0 Å². The summed E-state index contributed by atoms with van der Waals surface area (Å²) >= 11 is 0. The van der Waals surface area contributed by atoms with Gasteiger partial charge in [-0.05, 0) is 50.1 Å². The van der Waals surface area contributed by atoms with E-state index < -0.39 is 11.2 Å². The van der Waals surface area contributed by atoms with Crippen LogP contribution in [0.25, 0.3) is 11.0 Å². The zero-order chi connectivity index (χ0) is 22.2. The molecule has 0 aliphatic carbocycles. The molecule has 1 aromatic heterocycles. The summed E-state index contributed by atoms with van der Waals surface area (Å²) in [4.78, 5) is 24.9. The lowest BCUT2D eigenvalue weighted by Gasteiger charge is -2.38. The molecule has 3 aliphatic heterocycles. The van der Waals surface area contributed by atoms with Crippen molar-refractivity contribution in [3.05, 3.63) is 39.7 Å². The number of rotatable bonds is 7. The van der Waals surface area contributed by atoms with E-state index in [1.54, 1.807) is 0 Å². The van der Waals surface area contributed by atoms with Gasteiger partial charge in [0.05, 0.1) is 36.6 Å². The highest BCUT2D eigenvalue weighted by Gasteiger charge is 2.51. The number of aryl methyl sites for hydroxylation is 3. The standard InChI is InChI=1S/C22H31N5O5/c1-15-10-17-18(11-16(15)2)26(14-23-17)5-3-4-24-6-8-25(9-7-24)19-12-30-22-20(32-27(28)29)13-31-21(19)22/h10-11,14,19-22H,3-9,12-13H2,1-2H3/t19-,20-,21+,22+/m0/s1. The summed E-state index contributed by atoms with van der Waals surface area (Å²) in [6.07, 6.45) is 1.93. The molecule has 2 aromatic rings. The SMILES string of the molecule is Cc1cc2ncn(CCCN3CCN([C@H]4CO[C@H]5[C@@H]4OC[C@@H]5O[N+](=O)[O-])CC3)c2cc1C. The smallest absolute Gasteiger partial charge is 0.294 e. The Morgan fingerprint density at radius 2 is 1.84 bits per heavy atom. The van der Waals surface area contributed by atoms with Crippen LogP contribution in [0.5, 0.6) is 0 Å². The first-order chi connectivity index (χ1) is 15.5. The molecule has 0 N–H and O–H groups in total. The maximum Gasteiger partial charge on any atom is 0.294 e. The molecule has 3 aliphatic rings. The molecule has 1 aromatic carbocycles. The van der Waals surface area contributed by atoms with Gasteiger partial charge in [-0.1, -0.05) is 0 Å². The van der Waals surface area contributed by atoms with E-state index in [0.717, 1.165) is 51.2 Å². The van der Waals surface area contributed by atoms with Gasteiger partial charge >= 0.3 is 0 Å². The molecule has 0 spiro atoms. The number of fused-ring (bicyclic) bond motifs is 2. The van der Waals surface area contributed by atoms with Crippen LogP contribution >= 0.6 is 0 Å². The number of benzene rings is 1. The van der Waals surface area contributed by atoms with Gasteiger partial charge in [0, 0.05) is 32.7 Å². The van der Waals surface area contributed by atoms with Crippen LogP contribution in [-0.2, 0) is 20.9 Å². The Kier molecular flexibility index (Phi) is 6.02. The zero-order valence-corrected chi connectivity index (χ0v) is 18.7. The fraction of sp³-hybridized carbons (Fsp3) is 0.682. The summed E-state index contributed by atoms with van der Waals surface area (Å²) in [5.41, 5.74) is 4.86. The van der Waals surface area contributed by atoms with Gasteiger partial charge in [-0.3, -0.25) is 4.90 Å². The van der Waals surface area contributed by atoms with Gasteiger partial charge in [0.2, 0.25) is 0 Å². The highest BCUT2D eigenvalue weighted by atomic mass is 17.0. The molecule has 0 amide bonds. The van der Waals surface area contributed by atoms with Crippen LogP contribution < -0.4 is 0 Å². The highest BCUT2D eigenvalue weighted by Crippen LogP contribution is 2.32. The van der Waals surface area contributed by atoms with Crippen LogP contribution in [0.4, 0.5) is 0 Å². The Balaban J connectivity index is 1.09. The molecular weight excluding hydrogens is 414 g/mol. The lowest BCUT2D eigenvalue weighted by atomic mass is 10.1. The summed E-state index contributed by atoms with van der Waals surface area (Å²) in [5, 5.41) is 9.92. The Morgan fingerprint density at radius 1 is 1.09 bits per heavy atom. The molecule has 3 fully saturated rings. The van der Waals surface area contributed by atoms with E-state index in [0.29, 0.717) is 6.61 Å². The lowest BCUT2D eigenvalue weighted by molar-refractivity contribution is -0.769. The second-order valence-electron chi connectivity index (χ2n) is 9.13. The molecule has 0 radical (unpaired) electrons. The van der Waals surface area contributed by atoms with E-state index >= 15 is 0 Å². The van der Waals surface area contributed by atoms with Crippen LogP contribution in [0.1, 0.15) is 17.5 Å². The molecule has 0 saturated carbocycles. The van der Waals surface area contributed by atoms with Crippen LogP contribution in [0.15, 0.2) is 18.5 Å². The van der Waals surface area contributed by atoms with E-state index in [1.807, 2.05) is 6.33 Å². The van der Waals surface area contributed by atoms with Gasteiger partial charge in [0.1, 0.15) is 12.2 Å². The molecule has 0 bridgehead atoms. The second-order valence-corrected chi connectivity index (χ2v) is 9.13. The normalized spacial score (nSPS) is 28.9. The zero-order valence-electron chi connectivity index (χ0n) is 18.7. The first-order valence-electron chi connectivity index (χ1n) is 11.4. The number of aromatic nitrogens is 2. The number of hydrogen-bond acceptors (Lipinski definition) is 8. The van der Waals surface area contributed by atoms with Crippen molar-refractivity contribution in [3.8, 4) is 0 Å². The van der Waals surface area contributed by atoms with Crippen LogP contribution in [0, 0.1) is 24.0 Å². The van der Waals surface area contributed by atoms with Crippen molar-refractivity contribution in [2.75, 3.05) is 45.9 Å². The molecule has 174 valence electrons. The van der Waals surface area contributed by atoms with Crippen molar-refractivity contribution in [1.82, 2.24) is 19.4 Å². The number of imidazole rings is 1. The van der Waals surface area contributed by atoms with Crippen molar-refractivity contribution < 1.29 is 19.4 Å². The van der Waals surface area contributed by atoms with E-state index in [-0.39, 0.29) is 24.9 Å². The number of hydrogen-bond donors (Lipinski definition) is 0. The van der Waals surface area contributed by atoms with Crippen molar-refractivity contribution in [2.45, 2.75) is 51.2 Å². The minimum atomic E-state index is -0.749. The van der Waals surface area contributed by atoms with E-state index in [9.17, 15) is 10.1 Å². The fourth-order valence-electron chi connectivity index (χ4n) is 5.23. The molecule has 4 atom stereocenters. The highest BCUT2D eigenvalue weighted by molar-refractivity contribution is 5.77. The summed E-state index contributed by atoms with van der Waals surface area (Å²) in [6, 6.07) is 4.54. The van der Waals surface area contributed by atoms with Crippen molar-refractivity contribution in [3.63, 3.8) is 0 Å². The number of piperazine rings is 1. The molecule has 5 rings (SSSR count). The largest absolute Gasteiger partial charge is 0.371 e. The van der Waals surface area contributed by atoms with Crippen molar-refractivity contribution >= 4 is 11.0 Å². The van der Waals surface area contributed by atoms with E-state index in [1.165, 1.54) is 16.6 Å². The molecular formula is C22H31N5O5. The first-order valence-corrected chi connectivity index (χ1v) is 11.4. The van der Waals surface area contributed by atoms with Gasteiger partial charge in [-0.25, -0.2) is 4.98 Å². The molecule has 3 saturated heterocycles. The average Bonchev–Trinajstić information content (AvgIpc) is 3.46. The van der Waals surface area contributed by atoms with Gasteiger partial charge < -0.3 is 23.8 Å². The fourth-order valence-corrected chi connectivity index (χ4v) is 5.23. The topological polar surface area (TPSA) is 95.1 Å². The average molecular weight is 446 g/mol. The third kappa shape index (κ3) is 4.19. The predicted molar refractivity (Wildman–Crippen MR) is 117 cm³/mol. The molecule has 32 heavy (non-hydrogen) atoms. The molecule has 10 heteroatoms. The molecule has 0 unspecified atom stereocenters. The lowest BCUT2D eigenvalue weighted by Crippen LogP contribution is -2.54. The monoisotopic (exact) mass is 445 g/mol. The predicted octanol–water partition coefficient (Wildman–Crippen LogP) is 1.40. The van der Waals surface area contributed by atoms with Gasteiger partial charge in [-0.2, -0.15) is 0 Å². The van der Waals surface area contributed by atoms with Crippen molar-refractivity contribution in [2.24, 2.45) is 0 Å². The van der Waals surface area contributed by atoms with Crippen molar-refractivity contribution in [1.29, 1.82) is 0 Å². The number of ether oxygens (including phenoxy) is 2. The van der Waals surface area contributed by atoms with E-state index in [4.69, 9.17) is 14.3 Å². The molecule has 4 heterocycles. The van der Waals surface area contributed by atoms with Gasteiger partial charge in [0.25, 0.3) is 5.09 Å². The Morgan fingerprint density at radius 3 is 2.62 bits per heavy atom. The Bertz CT molecular complexity index is 973. The van der Waals surface area contributed by atoms with Gasteiger partial charge in [0.15, 0.2) is 6.10 Å². The minimum Gasteiger partial charge on any atom is -0.371 e. The summed E-state index contributed by atoms with van der Waals surface area (Å²) in [5.74, 6) is 0. The second kappa shape index (κ2) is 8.93.